The lowest BCUT2D eigenvalue weighted by molar-refractivity contribution is -0.110. The molecule has 5 rings (SSSR count). The first-order valence-corrected chi connectivity index (χ1v) is 10.1. The molecule has 29 heavy (non-hydrogen) atoms. The van der Waals surface area contributed by atoms with Crippen molar-refractivity contribution < 1.29 is 9.53 Å². The topological polar surface area (TPSA) is 57.5 Å². The Bertz CT molecular complexity index is 1020. The number of allylic oxidation sites excluding steroid dienone is 5. The molecule has 0 spiro atoms. The van der Waals surface area contributed by atoms with Crippen LogP contribution in [0.15, 0.2) is 63.2 Å². The summed E-state index contributed by atoms with van der Waals surface area (Å²) in [4.78, 5) is 27.1. The summed E-state index contributed by atoms with van der Waals surface area (Å²) in [6.45, 7) is 3.28. The van der Waals surface area contributed by atoms with Crippen LogP contribution in [0.1, 0.15) is 18.4 Å². The second-order valence-corrected chi connectivity index (χ2v) is 7.78. The Labute approximate surface area is 170 Å². The lowest BCUT2D eigenvalue weighted by atomic mass is 9.79. The second kappa shape index (κ2) is 7.12. The van der Waals surface area contributed by atoms with E-state index in [0.717, 1.165) is 67.3 Å². The van der Waals surface area contributed by atoms with Crippen LogP contribution < -0.4 is 4.90 Å². The van der Waals surface area contributed by atoms with Gasteiger partial charge in [-0.15, -0.1) is 0 Å². The highest BCUT2D eigenvalue weighted by atomic mass is 16.5. The van der Waals surface area contributed by atoms with Crippen LogP contribution in [0.3, 0.4) is 0 Å². The molecule has 0 aromatic heterocycles. The number of morpholine rings is 1. The van der Waals surface area contributed by atoms with E-state index in [0.29, 0.717) is 17.2 Å². The maximum Gasteiger partial charge on any atom is 0.226 e. The summed E-state index contributed by atoms with van der Waals surface area (Å²) in [5, 5.41) is 0. The van der Waals surface area contributed by atoms with E-state index in [1.165, 1.54) is 0 Å². The fourth-order valence-electron chi connectivity index (χ4n) is 4.18. The summed E-state index contributed by atoms with van der Waals surface area (Å²) in [6, 6.07) is 8.24. The van der Waals surface area contributed by atoms with Crippen molar-refractivity contribution in [1.82, 2.24) is 4.90 Å². The van der Waals surface area contributed by atoms with Crippen molar-refractivity contribution in [3.05, 3.63) is 58.8 Å². The molecule has 1 aromatic rings. The Balaban J connectivity index is 1.59. The first-order chi connectivity index (χ1) is 14.1. The number of carbonyl (C=O) groups is 1. The number of hydrogen-bond donors (Lipinski definition) is 0. The average molecular weight is 388 g/mol. The third-order valence-corrected chi connectivity index (χ3v) is 5.70. The summed E-state index contributed by atoms with van der Waals surface area (Å²) in [6.07, 6.45) is 5.99. The SMILES string of the molecule is CN(C)C1=NC2=C(c3ccc(N4CCOCC4)cc3)C(=O)C3=CCCC=C3C2=N1. The molecule has 0 N–H and O–H groups in total. The van der Waals surface area contributed by atoms with Gasteiger partial charge in [-0.2, -0.15) is 0 Å². The summed E-state index contributed by atoms with van der Waals surface area (Å²) < 4.78 is 5.44. The molecule has 2 aliphatic carbocycles. The van der Waals surface area contributed by atoms with E-state index in [1.54, 1.807) is 0 Å². The van der Waals surface area contributed by atoms with E-state index in [9.17, 15) is 4.79 Å². The molecule has 6 heteroatoms. The highest BCUT2D eigenvalue weighted by Gasteiger charge is 2.37. The van der Waals surface area contributed by atoms with Crippen molar-refractivity contribution in [2.24, 2.45) is 9.98 Å². The zero-order valence-electron chi connectivity index (χ0n) is 16.8. The zero-order valence-corrected chi connectivity index (χ0v) is 16.8. The van der Waals surface area contributed by atoms with Crippen LogP contribution in [0.2, 0.25) is 0 Å². The van der Waals surface area contributed by atoms with Crippen molar-refractivity contribution in [1.29, 1.82) is 0 Å². The number of guanidine groups is 1. The minimum atomic E-state index is 0.0489. The van der Waals surface area contributed by atoms with Crippen LogP contribution in [0.5, 0.6) is 0 Å². The Morgan fingerprint density at radius 2 is 1.66 bits per heavy atom. The van der Waals surface area contributed by atoms with E-state index in [-0.39, 0.29) is 5.78 Å². The van der Waals surface area contributed by atoms with Gasteiger partial charge < -0.3 is 14.5 Å². The highest BCUT2D eigenvalue weighted by Crippen LogP contribution is 2.39. The summed E-state index contributed by atoms with van der Waals surface area (Å²) >= 11 is 0. The fraction of sp³-hybridized carbons (Fsp3) is 0.348. The number of Topliss-reactive ketones (excluding diaryl/α,β-unsaturated/α-hetero) is 1. The molecule has 4 aliphatic rings. The monoisotopic (exact) mass is 388 g/mol. The summed E-state index contributed by atoms with van der Waals surface area (Å²) in [5.74, 6) is 0.686. The summed E-state index contributed by atoms with van der Waals surface area (Å²) in [5.41, 5.74) is 5.92. The van der Waals surface area contributed by atoms with Crippen LogP contribution in [0.4, 0.5) is 5.69 Å². The van der Waals surface area contributed by atoms with E-state index < -0.39 is 0 Å². The number of rotatable bonds is 2. The van der Waals surface area contributed by atoms with Gasteiger partial charge in [0.2, 0.25) is 5.96 Å². The zero-order chi connectivity index (χ0) is 20.0. The first-order valence-electron chi connectivity index (χ1n) is 10.1. The molecule has 6 nitrogen and oxygen atoms in total. The van der Waals surface area contributed by atoms with Gasteiger partial charge in [0.05, 0.1) is 18.8 Å². The largest absolute Gasteiger partial charge is 0.378 e. The van der Waals surface area contributed by atoms with Gasteiger partial charge in [0, 0.05) is 44.0 Å². The van der Waals surface area contributed by atoms with Crippen LogP contribution in [0, 0.1) is 0 Å². The molecule has 1 aromatic carbocycles. The van der Waals surface area contributed by atoms with Gasteiger partial charge in [-0.1, -0.05) is 24.3 Å². The lowest BCUT2D eigenvalue weighted by Gasteiger charge is -2.29. The molecule has 0 amide bonds. The Morgan fingerprint density at radius 3 is 2.34 bits per heavy atom. The van der Waals surface area contributed by atoms with Gasteiger partial charge in [-0.25, -0.2) is 9.98 Å². The molecular weight excluding hydrogens is 364 g/mol. The molecule has 148 valence electrons. The maximum atomic E-state index is 13.4. The number of benzene rings is 1. The molecule has 0 bridgehead atoms. The predicted molar refractivity (Wildman–Crippen MR) is 115 cm³/mol. The smallest absolute Gasteiger partial charge is 0.226 e. The minimum Gasteiger partial charge on any atom is -0.378 e. The number of fused-ring (bicyclic) bond motifs is 3. The van der Waals surface area contributed by atoms with Crippen LogP contribution in [-0.4, -0.2) is 62.8 Å². The number of ether oxygens (including phenoxy) is 1. The third-order valence-electron chi connectivity index (χ3n) is 5.70. The standard InChI is InChI=1S/C23H24N4O2/c1-26(2)23-24-20-17-5-3-4-6-18(17)22(28)19(21(20)25-23)15-7-9-16(10-8-15)27-11-13-29-14-12-27/h5-10H,3-4,11-14H2,1-2H3. The molecule has 2 aliphatic heterocycles. The number of anilines is 1. The van der Waals surface area contributed by atoms with Gasteiger partial charge in [-0.3, -0.25) is 4.79 Å². The predicted octanol–water partition coefficient (Wildman–Crippen LogP) is 2.84. The van der Waals surface area contributed by atoms with Crippen LogP contribution in [-0.2, 0) is 9.53 Å². The van der Waals surface area contributed by atoms with E-state index in [4.69, 9.17) is 14.7 Å². The maximum absolute atomic E-state index is 13.4. The van der Waals surface area contributed by atoms with Gasteiger partial charge in [0.1, 0.15) is 11.4 Å². The van der Waals surface area contributed by atoms with Gasteiger partial charge in [0.25, 0.3) is 0 Å². The first kappa shape index (κ1) is 18.1. The quantitative estimate of drug-likeness (QED) is 0.782. The number of nitrogens with zero attached hydrogens (tertiary/aromatic N) is 4. The van der Waals surface area contributed by atoms with Crippen molar-refractivity contribution in [3.63, 3.8) is 0 Å². The van der Waals surface area contributed by atoms with Crippen LogP contribution in [0.25, 0.3) is 5.57 Å². The number of carbonyl (C=O) groups excluding carboxylic acids is 1. The lowest BCUT2D eigenvalue weighted by Crippen LogP contribution is -2.36. The van der Waals surface area contributed by atoms with Crippen molar-refractivity contribution in [3.8, 4) is 0 Å². The van der Waals surface area contributed by atoms with Gasteiger partial charge in [-0.05, 0) is 30.5 Å². The average Bonchev–Trinajstić information content (AvgIpc) is 3.21. The Kier molecular flexibility index (Phi) is 4.43. The second-order valence-electron chi connectivity index (χ2n) is 7.78. The molecule has 0 unspecified atom stereocenters. The van der Waals surface area contributed by atoms with Crippen molar-refractivity contribution in [2.45, 2.75) is 12.8 Å². The highest BCUT2D eigenvalue weighted by molar-refractivity contribution is 6.45. The van der Waals surface area contributed by atoms with E-state index >= 15 is 0 Å². The fourth-order valence-corrected chi connectivity index (χ4v) is 4.18. The van der Waals surface area contributed by atoms with Crippen molar-refractivity contribution in [2.75, 3.05) is 45.3 Å². The third kappa shape index (κ3) is 3.04. The molecule has 0 saturated carbocycles. The Morgan fingerprint density at radius 1 is 0.966 bits per heavy atom. The molecule has 1 saturated heterocycles. The van der Waals surface area contributed by atoms with Crippen molar-refractivity contribution >= 4 is 28.7 Å². The molecule has 2 heterocycles. The molecule has 0 radical (unpaired) electrons. The normalized spacial score (nSPS) is 21.2. The molecular formula is C23H24N4O2. The van der Waals surface area contributed by atoms with Crippen LogP contribution >= 0.6 is 0 Å². The van der Waals surface area contributed by atoms with E-state index in [1.807, 2.05) is 37.2 Å². The molecule has 0 atom stereocenters. The number of ketones is 1. The van der Waals surface area contributed by atoms with Gasteiger partial charge >= 0.3 is 0 Å². The number of hydrogen-bond acceptors (Lipinski definition) is 6. The van der Waals surface area contributed by atoms with E-state index in [2.05, 4.69) is 23.1 Å². The minimum absolute atomic E-state index is 0.0489. The van der Waals surface area contributed by atoms with Gasteiger partial charge in [0.15, 0.2) is 5.78 Å². The summed E-state index contributed by atoms with van der Waals surface area (Å²) in [7, 11) is 3.84. The Hall–Kier alpha value is -2.99. The number of aliphatic imine (C=N–C) groups is 2. The molecule has 1 fully saturated rings.